The lowest BCUT2D eigenvalue weighted by molar-refractivity contribution is 0.291. The molecule has 0 amide bonds. The first-order chi connectivity index (χ1) is 20.3. The minimum absolute atomic E-state index is 0.441. The van der Waals surface area contributed by atoms with Crippen LogP contribution in [0.4, 0.5) is 0 Å². The summed E-state index contributed by atoms with van der Waals surface area (Å²) in [5.74, 6) is 6.24. The molecule has 3 rings (SSSR count). The van der Waals surface area contributed by atoms with Gasteiger partial charge in [0.2, 0.25) is 0 Å². The number of nitrogens with two attached hydrogens (primary N) is 2. The van der Waals surface area contributed by atoms with Gasteiger partial charge in [0.05, 0.1) is 0 Å². The monoisotopic (exact) mass is 615 g/mol. The smallest absolute Gasteiger partial charge is 0.0270 e. The third-order valence-corrected chi connectivity index (χ3v) is 10.1. The molecule has 3 saturated carbocycles. The highest BCUT2D eigenvalue weighted by atomic mass is 14.6. The van der Waals surface area contributed by atoms with Crippen molar-refractivity contribution >= 4 is 0 Å². The Morgan fingerprint density at radius 1 is 0.841 bits per heavy atom. The molecule has 4 N–H and O–H groups in total. The molecule has 44 heavy (non-hydrogen) atoms. The molecule has 0 saturated heterocycles. The van der Waals surface area contributed by atoms with E-state index in [-0.39, 0.29) is 0 Å². The van der Waals surface area contributed by atoms with Crippen molar-refractivity contribution in [3.63, 3.8) is 0 Å². The molecule has 0 aromatic heterocycles. The van der Waals surface area contributed by atoms with Crippen LogP contribution in [-0.4, -0.2) is 0 Å². The molecule has 5 atom stereocenters. The molecular formula is C42H82N2. The van der Waals surface area contributed by atoms with Gasteiger partial charge in [0, 0.05) is 5.70 Å². The predicted molar refractivity (Wildman–Crippen MR) is 205 cm³/mol. The zero-order valence-electron chi connectivity index (χ0n) is 32.5. The average Bonchev–Trinajstić information content (AvgIpc) is 3.43. The third kappa shape index (κ3) is 21.1. The Morgan fingerprint density at radius 2 is 1.23 bits per heavy atom. The van der Waals surface area contributed by atoms with Crippen molar-refractivity contribution in [1.29, 1.82) is 0 Å². The molecule has 0 aromatic rings. The summed E-state index contributed by atoms with van der Waals surface area (Å²) in [5, 5.41) is 0. The Labute approximate surface area is 279 Å². The molecule has 0 spiro atoms. The number of hydrogen-bond donors (Lipinski definition) is 2. The second-order valence-electron chi connectivity index (χ2n) is 15.4. The van der Waals surface area contributed by atoms with Gasteiger partial charge in [-0.15, -0.1) is 6.58 Å². The first-order valence-corrected chi connectivity index (χ1v) is 18.0. The van der Waals surface area contributed by atoms with E-state index in [0.717, 1.165) is 41.1 Å². The second kappa shape index (κ2) is 25.5. The van der Waals surface area contributed by atoms with E-state index >= 15 is 0 Å². The number of hydrogen-bond acceptors (Lipinski definition) is 2. The highest BCUT2D eigenvalue weighted by Crippen LogP contribution is 2.63. The quantitative estimate of drug-likeness (QED) is 0.211. The molecule has 3 aliphatic carbocycles. The summed E-state index contributed by atoms with van der Waals surface area (Å²) < 4.78 is 0. The fourth-order valence-electron chi connectivity index (χ4n) is 6.34. The van der Waals surface area contributed by atoms with Gasteiger partial charge >= 0.3 is 0 Å². The fraction of sp³-hybridized carbons (Fsp3) is 0.762. The van der Waals surface area contributed by atoms with Crippen LogP contribution in [0, 0.1) is 52.8 Å². The van der Waals surface area contributed by atoms with Gasteiger partial charge in [0.15, 0.2) is 0 Å². The van der Waals surface area contributed by atoms with Crippen molar-refractivity contribution in [1.82, 2.24) is 0 Å². The maximum Gasteiger partial charge on any atom is 0.0270 e. The van der Waals surface area contributed by atoms with E-state index in [9.17, 15) is 0 Å². The van der Waals surface area contributed by atoms with Crippen LogP contribution >= 0.6 is 0 Å². The van der Waals surface area contributed by atoms with Gasteiger partial charge < -0.3 is 11.5 Å². The Balaban J connectivity index is -0.000000508. The summed E-state index contributed by atoms with van der Waals surface area (Å²) in [6.45, 7) is 47.9. The fourth-order valence-corrected chi connectivity index (χ4v) is 6.34. The topological polar surface area (TPSA) is 52.0 Å². The second-order valence-corrected chi connectivity index (χ2v) is 15.4. The van der Waals surface area contributed by atoms with Crippen molar-refractivity contribution in [2.24, 2.45) is 64.2 Å². The van der Waals surface area contributed by atoms with Crippen molar-refractivity contribution in [2.45, 2.75) is 154 Å². The lowest BCUT2D eigenvalue weighted by Crippen LogP contribution is -2.18. The molecule has 3 aliphatic rings. The van der Waals surface area contributed by atoms with Crippen molar-refractivity contribution in [3.8, 4) is 0 Å². The molecule has 0 aliphatic heterocycles. The lowest BCUT2D eigenvalue weighted by Gasteiger charge is -2.27. The van der Waals surface area contributed by atoms with Crippen LogP contribution in [0.2, 0.25) is 0 Å². The van der Waals surface area contributed by atoms with Crippen LogP contribution in [0.1, 0.15) is 154 Å². The zero-order valence-corrected chi connectivity index (χ0v) is 32.5. The highest BCUT2D eigenvalue weighted by Gasteiger charge is 2.57. The maximum atomic E-state index is 5.70. The zero-order chi connectivity index (χ0) is 35.2. The minimum Gasteiger partial charge on any atom is -0.405 e. The Hall–Kier alpha value is -1.70. The van der Waals surface area contributed by atoms with Gasteiger partial charge in [-0.1, -0.05) is 159 Å². The van der Waals surface area contributed by atoms with Crippen molar-refractivity contribution in [2.75, 3.05) is 0 Å². The van der Waals surface area contributed by atoms with Crippen LogP contribution < -0.4 is 11.5 Å². The molecule has 3 fully saturated rings. The Bertz CT molecular complexity index is 791. The average molecular weight is 615 g/mol. The molecule has 2 nitrogen and oxygen atoms in total. The SMILES string of the molecule is C=C(C)C(C)C1CCCCC1.C=C(C)CC(C)C.C=C(N)C(=C)C(C)C(C)C1C(C)C1(C)C.C=CN.CC1CCC1.CCC. The van der Waals surface area contributed by atoms with Gasteiger partial charge in [0.25, 0.3) is 0 Å². The Morgan fingerprint density at radius 3 is 1.43 bits per heavy atom. The van der Waals surface area contributed by atoms with E-state index in [0.29, 0.717) is 22.9 Å². The Kier molecular flexibility index (Phi) is 27.1. The lowest BCUT2D eigenvalue weighted by atomic mass is 9.78. The molecular weight excluding hydrogens is 532 g/mol. The number of allylic oxidation sites excluding steroid dienone is 3. The van der Waals surface area contributed by atoms with E-state index in [2.05, 4.69) is 129 Å². The molecule has 5 unspecified atom stereocenters. The molecule has 0 heterocycles. The van der Waals surface area contributed by atoms with Gasteiger partial charge in [-0.2, -0.15) is 0 Å². The summed E-state index contributed by atoms with van der Waals surface area (Å²) in [5.41, 5.74) is 15.1. The largest absolute Gasteiger partial charge is 0.405 e. The first-order valence-electron chi connectivity index (χ1n) is 18.0. The van der Waals surface area contributed by atoms with Crippen LogP contribution in [-0.2, 0) is 0 Å². The maximum absolute atomic E-state index is 5.70. The normalized spacial score (nSPS) is 21.8. The van der Waals surface area contributed by atoms with Crippen LogP contribution in [0.3, 0.4) is 0 Å². The molecule has 0 radical (unpaired) electrons. The third-order valence-electron chi connectivity index (χ3n) is 10.1. The van der Waals surface area contributed by atoms with Gasteiger partial charge in [0.1, 0.15) is 0 Å². The summed E-state index contributed by atoms with van der Waals surface area (Å²) >= 11 is 0. The van der Waals surface area contributed by atoms with E-state index in [1.807, 2.05) is 0 Å². The highest BCUT2D eigenvalue weighted by molar-refractivity contribution is 5.25. The van der Waals surface area contributed by atoms with Gasteiger partial charge in [-0.3, -0.25) is 0 Å². The summed E-state index contributed by atoms with van der Waals surface area (Å²) in [6.07, 6.45) is 15.4. The molecule has 2 heteroatoms. The van der Waals surface area contributed by atoms with Crippen LogP contribution in [0.5, 0.6) is 0 Å². The van der Waals surface area contributed by atoms with Crippen molar-refractivity contribution in [3.05, 3.63) is 61.5 Å². The van der Waals surface area contributed by atoms with Crippen molar-refractivity contribution < 1.29 is 0 Å². The first kappa shape index (κ1) is 46.7. The molecule has 260 valence electrons. The van der Waals surface area contributed by atoms with Crippen LogP contribution in [0.25, 0.3) is 0 Å². The van der Waals surface area contributed by atoms with E-state index < -0.39 is 0 Å². The summed E-state index contributed by atoms with van der Waals surface area (Å²) in [6, 6.07) is 0. The number of rotatable bonds is 8. The standard InChI is InChI=1S/C14H25N.C11H20.C7H14.C5H10.C3H8.C2H5N/c1-8(9(2)12(5)15)10(3)13-11(4)14(13,6)7;1-9(2)10(3)11-7-5-4-6-8-11;1-6(2)5-7(3)4;1-5-3-2-4-5;1-3-2;1-2-3/h8,10-11,13H,2,5,15H2,1,3-4,6-7H3;10-11H,1,4-8H2,2-3H3;7H,1,5H2,2-4H3;5H,2-4H2,1H3;3H2,1-2H3;2H,1,3H2. The van der Waals surface area contributed by atoms with E-state index in [1.165, 1.54) is 81.6 Å². The minimum atomic E-state index is 0.441. The summed E-state index contributed by atoms with van der Waals surface area (Å²) in [4.78, 5) is 0. The van der Waals surface area contributed by atoms with Gasteiger partial charge in [-0.05, 0) is 97.6 Å². The van der Waals surface area contributed by atoms with Crippen LogP contribution in [0.15, 0.2) is 61.5 Å². The van der Waals surface area contributed by atoms with Gasteiger partial charge in [-0.25, -0.2) is 0 Å². The van der Waals surface area contributed by atoms with E-state index in [1.54, 1.807) is 0 Å². The molecule has 0 aromatic carbocycles. The summed E-state index contributed by atoms with van der Waals surface area (Å²) in [7, 11) is 0. The molecule has 0 bridgehead atoms. The predicted octanol–water partition coefficient (Wildman–Crippen LogP) is 13.3. The van der Waals surface area contributed by atoms with E-state index in [4.69, 9.17) is 5.73 Å².